The van der Waals surface area contributed by atoms with E-state index < -0.39 is 5.97 Å². The number of anilines is 1. The zero-order chi connectivity index (χ0) is 14.3. The minimum atomic E-state index is -0.648. The molecular formula is C10H12ClN3O4S. The summed E-state index contributed by atoms with van der Waals surface area (Å²) in [6.07, 6.45) is 0. The van der Waals surface area contributed by atoms with E-state index >= 15 is 0 Å². The van der Waals surface area contributed by atoms with Crippen LogP contribution >= 0.6 is 22.9 Å². The van der Waals surface area contributed by atoms with E-state index in [1.54, 1.807) is 12.3 Å². The van der Waals surface area contributed by atoms with Gasteiger partial charge in [-0.1, -0.05) is 5.16 Å². The van der Waals surface area contributed by atoms with Crippen LogP contribution in [0, 0.1) is 0 Å². The molecule has 0 aliphatic heterocycles. The van der Waals surface area contributed by atoms with Gasteiger partial charge in [-0.3, -0.25) is 4.79 Å². The molecule has 0 bridgehead atoms. The lowest BCUT2D eigenvalue weighted by atomic mass is 10.3. The average molecular weight is 306 g/mol. The van der Waals surface area contributed by atoms with Crippen molar-refractivity contribution in [1.29, 1.82) is 0 Å². The number of nitrogens with one attached hydrogen (secondary N) is 1. The molecule has 0 unspecified atom stereocenters. The number of thiazole rings is 1. The van der Waals surface area contributed by atoms with E-state index in [-0.39, 0.29) is 29.8 Å². The van der Waals surface area contributed by atoms with Crippen LogP contribution in [-0.4, -0.2) is 42.2 Å². The Morgan fingerprint density at radius 3 is 2.89 bits per heavy atom. The molecule has 1 heterocycles. The summed E-state index contributed by atoms with van der Waals surface area (Å²) >= 11 is 6.50. The number of hydrogen-bond donors (Lipinski definition) is 1. The number of carbonyl (C=O) groups excluding carboxylic acids is 2. The normalized spacial score (nSPS) is 11.0. The number of alkyl halides is 1. The molecule has 0 radical (unpaired) electrons. The zero-order valence-electron chi connectivity index (χ0n) is 10.3. The topological polar surface area (TPSA) is 89.9 Å². The van der Waals surface area contributed by atoms with Crippen molar-refractivity contribution in [2.45, 2.75) is 6.92 Å². The molecule has 0 aliphatic rings. The number of oxime groups is 1. The largest absolute Gasteiger partial charge is 0.461 e. The quantitative estimate of drug-likeness (QED) is 0.369. The molecule has 104 valence electrons. The summed E-state index contributed by atoms with van der Waals surface area (Å²) < 4.78 is 4.83. The van der Waals surface area contributed by atoms with Crippen LogP contribution in [-0.2, 0) is 19.2 Å². The Hall–Kier alpha value is -1.67. The van der Waals surface area contributed by atoms with E-state index in [1.807, 2.05) is 0 Å². The van der Waals surface area contributed by atoms with Gasteiger partial charge in [0.25, 0.3) is 0 Å². The summed E-state index contributed by atoms with van der Waals surface area (Å²) in [5.74, 6) is -1.21. The van der Waals surface area contributed by atoms with Gasteiger partial charge in [-0.05, 0) is 6.92 Å². The van der Waals surface area contributed by atoms with Gasteiger partial charge in [0.2, 0.25) is 11.6 Å². The summed E-state index contributed by atoms with van der Waals surface area (Å²) in [5.41, 5.74) is 0.196. The highest BCUT2D eigenvalue weighted by Gasteiger charge is 2.20. The molecule has 1 N–H and O–H groups in total. The first kappa shape index (κ1) is 15.4. The number of amides is 1. The van der Waals surface area contributed by atoms with Gasteiger partial charge >= 0.3 is 5.97 Å². The molecule has 0 saturated carbocycles. The van der Waals surface area contributed by atoms with Gasteiger partial charge in [0.1, 0.15) is 18.7 Å². The van der Waals surface area contributed by atoms with Crippen molar-refractivity contribution in [2.75, 3.05) is 24.9 Å². The van der Waals surface area contributed by atoms with Crippen molar-refractivity contribution >= 4 is 45.7 Å². The van der Waals surface area contributed by atoms with E-state index in [1.165, 1.54) is 7.11 Å². The van der Waals surface area contributed by atoms with Gasteiger partial charge in [-0.15, -0.1) is 22.9 Å². The van der Waals surface area contributed by atoms with Crippen molar-refractivity contribution < 1.29 is 19.2 Å². The summed E-state index contributed by atoms with van der Waals surface area (Å²) in [6.45, 7) is 1.89. The Labute approximate surface area is 118 Å². The maximum atomic E-state index is 11.6. The van der Waals surface area contributed by atoms with E-state index in [4.69, 9.17) is 16.3 Å². The molecule has 1 aromatic rings. The maximum absolute atomic E-state index is 11.6. The van der Waals surface area contributed by atoms with Gasteiger partial charge in [0.15, 0.2) is 5.13 Å². The highest BCUT2D eigenvalue weighted by molar-refractivity contribution is 7.14. The summed E-state index contributed by atoms with van der Waals surface area (Å²) in [6, 6.07) is 0. The number of nitrogens with zero attached hydrogens (tertiary/aromatic N) is 2. The number of halogens is 1. The molecule has 9 heteroatoms. The molecule has 1 rings (SSSR count). The number of ether oxygens (including phenoxy) is 1. The average Bonchev–Trinajstić information content (AvgIpc) is 2.84. The monoisotopic (exact) mass is 305 g/mol. The highest BCUT2D eigenvalue weighted by atomic mass is 35.5. The summed E-state index contributed by atoms with van der Waals surface area (Å²) in [7, 11) is 1.31. The fourth-order valence-corrected chi connectivity index (χ4v) is 1.85. The van der Waals surface area contributed by atoms with Crippen LogP contribution < -0.4 is 5.32 Å². The molecule has 0 fully saturated rings. The number of rotatable bonds is 6. The molecule has 0 aromatic carbocycles. The third-order valence-corrected chi connectivity index (χ3v) is 2.77. The second-order valence-corrected chi connectivity index (χ2v) is 4.19. The van der Waals surface area contributed by atoms with Crippen molar-refractivity contribution in [3.05, 3.63) is 11.1 Å². The van der Waals surface area contributed by atoms with Gasteiger partial charge in [-0.25, -0.2) is 9.78 Å². The standard InChI is InChI=1S/C10H12ClN3O4S/c1-3-18-9(16)8(14-17-2)6-5-19-10(12-6)13-7(15)4-11/h5H,3-4H2,1-2H3,(H,12,13,15). The van der Waals surface area contributed by atoms with E-state index in [9.17, 15) is 9.59 Å². The smallest absolute Gasteiger partial charge is 0.362 e. The molecular weight excluding hydrogens is 294 g/mol. The number of esters is 1. The van der Waals surface area contributed by atoms with Crippen molar-refractivity contribution in [1.82, 2.24) is 4.98 Å². The summed E-state index contributed by atoms with van der Waals surface area (Å²) in [5, 5.41) is 7.91. The van der Waals surface area contributed by atoms with Crippen LogP contribution in [0.25, 0.3) is 0 Å². The van der Waals surface area contributed by atoms with Gasteiger partial charge in [-0.2, -0.15) is 0 Å². The van der Waals surface area contributed by atoms with Crippen LogP contribution in [0.5, 0.6) is 0 Å². The molecule has 1 amide bonds. The van der Waals surface area contributed by atoms with Crippen molar-refractivity contribution in [3.63, 3.8) is 0 Å². The first-order chi connectivity index (χ1) is 9.12. The van der Waals surface area contributed by atoms with Gasteiger partial charge < -0.3 is 14.9 Å². The predicted octanol–water partition coefficient (Wildman–Crippen LogP) is 1.23. The van der Waals surface area contributed by atoms with Crippen LogP contribution in [0.15, 0.2) is 10.5 Å². The van der Waals surface area contributed by atoms with E-state index in [0.29, 0.717) is 5.13 Å². The Bertz CT molecular complexity index is 489. The Balaban J connectivity index is 2.90. The minimum Gasteiger partial charge on any atom is -0.461 e. The molecule has 0 atom stereocenters. The van der Waals surface area contributed by atoms with Crippen LogP contribution in [0.2, 0.25) is 0 Å². The van der Waals surface area contributed by atoms with E-state index in [2.05, 4.69) is 20.3 Å². The van der Waals surface area contributed by atoms with Gasteiger partial charge in [0, 0.05) is 5.38 Å². The van der Waals surface area contributed by atoms with Crippen molar-refractivity contribution in [3.8, 4) is 0 Å². The first-order valence-corrected chi connectivity index (χ1v) is 6.63. The number of aromatic nitrogens is 1. The lowest BCUT2D eigenvalue weighted by molar-refractivity contribution is -0.135. The maximum Gasteiger partial charge on any atom is 0.362 e. The third-order valence-electron chi connectivity index (χ3n) is 1.77. The Kier molecular flexibility index (Phi) is 6.23. The fourth-order valence-electron chi connectivity index (χ4n) is 1.07. The lowest BCUT2D eigenvalue weighted by Gasteiger charge is -2.02. The molecule has 7 nitrogen and oxygen atoms in total. The predicted molar refractivity (Wildman–Crippen MR) is 71.6 cm³/mol. The van der Waals surface area contributed by atoms with Crippen LogP contribution in [0.4, 0.5) is 5.13 Å². The molecule has 0 saturated heterocycles. The second-order valence-electron chi connectivity index (χ2n) is 3.06. The Morgan fingerprint density at radius 2 is 2.32 bits per heavy atom. The molecule has 0 spiro atoms. The zero-order valence-corrected chi connectivity index (χ0v) is 11.9. The summed E-state index contributed by atoms with van der Waals surface area (Å²) in [4.78, 5) is 31.4. The fraction of sp³-hybridized carbons (Fsp3) is 0.400. The van der Waals surface area contributed by atoms with Crippen LogP contribution in [0.1, 0.15) is 12.6 Å². The second kappa shape index (κ2) is 7.70. The number of hydrogen-bond acceptors (Lipinski definition) is 7. The van der Waals surface area contributed by atoms with Crippen molar-refractivity contribution in [2.24, 2.45) is 5.16 Å². The highest BCUT2D eigenvalue weighted by Crippen LogP contribution is 2.16. The van der Waals surface area contributed by atoms with Gasteiger partial charge in [0.05, 0.1) is 6.61 Å². The minimum absolute atomic E-state index is 0.0630. The SMILES string of the molecule is CCOC(=O)C(=NOC)c1csc(NC(=O)CCl)n1. The molecule has 0 aliphatic carbocycles. The third kappa shape index (κ3) is 4.49. The van der Waals surface area contributed by atoms with E-state index in [0.717, 1.165) is 11.3 Å². The lowest BCUT2D eigenvalue weighted by Crippen LogP contribution is -2.20. The Morgan fingerprint density at radius 1 is 1.58 bits per heavy atom. The van der Waals surface area contributed by atoms with Crippen LogP contribution in [0.3, 0.4) is 0 Å². The molecule has 19 heavy (non-hydrogen) atoms. The number of carbonyl (C=O) groups is 2. The first-order valence-electron chi connectivity index (χ1n) is 5.22. The molecule has 1 aromatic heterocycles.